The van der Waals surface area contributed by atoms with Gasteiger partial charge in [0.1, 0.15) is 6.33 Å². The first-order valence-electron chi connectivity index (χ1n) is 14.2. The number of imidazole rings is 1. The van der Waals surface area contributed by atoms with Gasteiger partial charge < -0.3 is 4.57 Å². The molecule has 194 valence electrons. The summed E-state index contributed by atoms with van der Waals surface area (Å²) >= 11 is 0. The summed E-state index contributed by atoms with van der Waals surface area (Å²) in [6.45, 7) is 4.74. The minimum absolute atomic E-state index is 0.0724. The average molecular weight is 526 g/mol. The summed E-state index contributed by atoms with van der Waals surface area (Å²) in [6.07, 6.45) is 1.92. The van der Waals surface area contributed by atoms with Crippen LogP contribution >= 0.6 is 0 Å². The lowest BCUT2D eigenvalue weighted by Gasteiger charge is -2.23. The number of hydrogen-bond acceptors (Lipinski definition) is 1. The number of rotatable bonds is 2. The highest BCUT2D eigenvalue weighted by molar-refractivity contribution is 6.20. The molecule has 8 aromatic rings. The Morgan fingerprint density at radius 3 is 2.20 bits per heavy atom. The second kappa shape index (κ2) is 7.96. The number of fused-ring (bicyclic) bond motifs is 10. The van der Waals surface area contributed by atoms with Gasteiger partial charge in [0.15, 0.2) is 0 Å². The summed E-state index contributed by atoms with van der Waals surface area (Å²) in [5.41, 5.74) is 12.3. The van der Waals surface area contributed by atoms with Crippen LogP contribution in [0.2, 0.25) is 0 Å². The molecule has 6 aromatic carbocycles. The van der Waals surface area contributed by atoms with E-state index in [0.29, 0.717) is 0 Å². The summed E-state index contributed by atoms with van der Waals surface area (Å²) in [5.74, 6) is 0. The first kappa shape index (κ1) is 22.6. The van der Waals surface area contributed by atoms with Crippen LogP contribution in [0.3, 0.4) is 0 Å². The molecule has 0 N–H and O–H groups in total. The van der Waals surface area contributed by atoms with Crippen LogP contribution in [0.15, 0.2) is 128 Å². The van der Waals surface area contributed by atoms with Crippen molar-refractivity contribution >= 4 is 43.6 Å². The van der Waals surface area contributed by atoms with E-state index < -0.39 is 0 Å². The first-order valence-corrected chi connectivity index (χ1v) is 14.2. The largest absolute Gasteiger partial charge is 0.309 e. The highest BCUT2D eigenvalue weighted by atomic mass is 15.1. The summed E-state index contributed by atoms with van der Waals surface area (Å²) < 4.78 is 4.63. The van der Waals surface area contributed by atoms with Crippen molar-refractivity contribution in [2.75, 3.05) is 0 Å². The predicted molar refractivity (Wildman–Crippen MR) is 170 cm³/mol. The van der Waals surface area contributed by atoms with E-state index in [1.807, 2.05) is 12.4 Å². The smallest absolute Gasteiger partial charge is 0.100 e. The second-order valence-electron chi connectivity index (χ2n) is 11.7. The van der Waals surface area contributed by atoms with E-state index >= 15 is 0 Å². The molecule has 0 aliphatic heterocycles. The Hall–Kier alpha value is -5.15. The van der Waals surface area contributed by atoms with Crippen LogP contribution in [0.4, 0.5) is 0 Å². The topological polar surface area (TPSA) is 22.8 Å². The van der Waals surface area contributed by atoms with Gasteiger partial charge in [0, 0.05) is 32.9 Å². The zero-order valence-electron chi connectivity index (χ0n) is 23.0. The Balaban J connectivity index is 1.39. The van der Waals surface area contributed by atoms with Gasteiger partial charge in [-0.25, -0.2) is 4.98 Å². The van der Waals surface area contributed by atoms with Gasteiger partial charge in [-0.3, -0.25) is 4.57 Å². The van der Waals surface area contributed by atoms with Gasteiger partial charge in [0.2, 0.25) is 0 Å². The maximum Gasteiger partial charge on any atom is 0.100 e. The third kappa shape index (κ3) is 2.95. The lowest BCUT2D eigenvalue weighted by molar-refractivity contribution is 0.666. The van der Waals surface area contributed by atoms with Crippen molar-refractivity contribution in [3.8, 4) is 22.5 Å². The van der Waals surface area contributed by atoms with Gasteiger partial charge in [-0.2, -0.15) is 0 Å². The van der Waals surface area contributed by atoms with Crippen molar-refractivity contribution in [1.82, 2.24) is 14.1 Å². The molecule has 0 fully saturated rings. The minimum Gasteiger partial charge on any atom is -0.309 e. The third-order valence-corrected chi connectivity index (χ3v) is 9.17. The number of hydrogen-bond donors (Lipinski definition) is 0. The van der Waals surface area contributed by atoms with Crippen LogP contribution < -0.4 is 0 Å². The Kier molecular flexibility index (Phi) is 4.39. The predicted octanol–water partition coefficient (Wildman–Crippen LogP) is 9.58. The van der Waals surface area contributed by atoms with Crippen molar-refractivity contribution in [3.05, 3.63) is 139 Å². The molecule has 1 aliphatic carbocycles. The standard InChI is InChI=1S/C38H27N3/c1-38(2)32-14-8-6-12-26(32)28-17-20-31-29(36(28)38)18-19-30-27-13-7-9-15-34(27)41(37(30)31)25-16-21-33-35(22-25)40(23-39-33)24-10-4-3-5-11-24/h3-23H,1-2H3. The van der Waals surface area contributed by atoms with Crippen LogP contribution in [-0.4, -0.2) is 14.1 Å². The van der Waals surface area contributed by atoms with Gasteiger partial charge in [-0.15, -0.1) is 0 Å². The number of benzene rings is 6. The molecule has 3 heteroatoms. The third-order valence-electron chi connectivity index (χ3n) is 9.17. The Morgan fingerprint density at radius 1 is 0.561 bits per heavy atom. The number of aromatic nitrogens is 3. The summed E-state index contributed by atoms with van der Waals surface area (Å²) in [6, 6.07) is 44.1. The molecule has 0 bridgehead atoms. The quantitative estimate of drug-likeness (QED) is 0.220. The molecule has 0 amide bonds. The van der Waals surface area contributed by atoms with Crippen molar-refractivity contribution < 1.29 is 0 Å². The highest BCUT2D eigenvalue weighted by Gasteiger charge is 2.37. The Bertz CT molecular complexity index is 2330. The van der Waals surface area contributed by atoms with Gasteiger partial charge in [0.05, 0.1) is 22.1 Å². The monoisotopic (exact) mass is 525 g/mol. The Labute approximate surface area is 237 Å². The molecule has 0 spiro atoms. The van der Waals surface area contributed by atoms with E-state index in [4.69, 9.17) is 4.98 Å². The first-order chi connectivity index (χ1) is 20.1. The lowest BCUT2D eigenvalue weighted by Crippen LogP contribution is -2.15. The van der Waals surface area contributed by atoms with Crippen molar-refractivity contribution in [3.63, 3.8) is 0 Å². The maximum absolute atomic E-state index is 4.72. The molecule has 9 rings (SSSR count). The van der Waals surface area contributed by atoms with Crippen molar-refractivity contribution in [1.29, 1.82) is 0 Å². The van der Waals surface area contributed by atoms with E-state index in [1.54, 1.807) is 0 Å². The molecule has 1 aliphatic rings. The van der Waals surface area contributed by atoms with Crippen molar-refractivity contribution in [2.24, 2.45) is 0 Å². The molecule has 0 saturated carbocycles. The number of nitrogens with zero attached hydrogens (tertiary/aromatic N) is 3. The zero-order chi connectivity index (χ0) is 27.3. The number of para-hydroxylation sites is 2. The van der Waals surface area contributed by atoms with Crippen LogP contribution in [0.5, 0.6) is 0 Å². The van der Waals surface area contributed by atoms with E-state index in [1.165, 1.54) is 54.8 Å². The van der Waals surface area contributed by atoms with Crippen molar-refractivity contribution in [2.45, 2.75) is 19.3 Å². The fourth-order valence-electron chi connectivity index (χ4n) is 7.36. The molecule has 2 heterocycles. The van der Waals surface area contributed by atoms with E-state index in [0.717, 1.165) is 22.4 Å². The fourth-order valence-corrected chi connectivity index (χ4v) is 7.36. The summed E-state index contributed by atoms with van der Waals surface area (Å²) in [4.78, 5) is 4.72. The lowest BCUT2D eigenvalue weighted by atomic mass is 9.80. The molecule has 0 radical (unpaired) electrons. The van der Waals surface area contributed by atoms with Gasteiger partial charge in [0.25, 0.3) is 0 Å². The summed E-state index contributed by atoms with van der Waals surface area (Å²) in [7, 11) is 0. The molecule has 2 aromatic heterocycles. The molecule has 41 heavy (non-hydrogen) atoms. The molecule has 3 nitrogen and oxygen atoms in total. The molecular formula is C38H27N3. The molecule has 0 unspecified atom stereocenters. The van der Waals surface area contributed by atoms with Crippen LogP contribution in [0, 0.1) is 0 Å². The fraction of sp³-hybridized carbons (Fsp3) is 0.0789. The van der Waals surface area contributed by atoms with Crippen LogP contribution in [0.25, 0.3) is 66.1 Å². The molecule has 0 saturated heterocycles. The maximum atomic E-state index is 4.72. The van der Waals surface area contributed by atoms with E-state index in [2.05, 4.69) is 138 Å². The van der Waals surface area contributed by atoms with Crippen LogP contribution in [0.1, 0.15) is 25.0 Å². The van der Waals surface area contributed by atoms with E-state index in [-0.39, 0.29) is 5.41 Å². The van der Waals surface area contributed by atoms with Gasteiger partial charge >= 0.3 is 0 Å². The van der Waals surface area contributed by atoms with Gasteiger partial charge in [-0.1, -0.05) is 98.8 Å². The molecular weight excluding hydrogens is 498 g/mol. The SMILES string of the molecule is CC1(C)c2ccccc2-c2ccc3c(ccc4c5ccccc5n(-c5ccc6ncn(-c7ccccc7)c6c5)c34)c21. The normalized spacial score (nSPS) is 13.8. The second-order valence-corrected chi connectivity index (χ2v) is 11.7. The summed E-state index contributed by atoms with van der Waals surface area (Å²) in [5, 5.41) is 5.16. The van der Waals surface area contributed by atoms with E-state index in [9.17, 15) is 0 Å². The molecule has 0 atom stereocenters. The average Bonchev–Trinajstić information content (AvgIpc) is 3.66. The minimum atomic E-state index is -0.0724. The Morgan fingerprint density at radius 2 is 1.29 bits per heavy atom. The van der Waals surface area contributed by atoms with Crippen LogP contribution in [-0.2, 0) is 5.41 Å². The zero-order valence-corrected chi connectivity index (χ0v) is 23.0. The highest BCUT2D eigenvalue weighted by Crippen LogP contribution is 2.52. The van der Waals surface area contributed by atoms with Gasteiger partial charge in [-0.05, 0) is 64.0 Å².